The van der Waals surface area contributed by atoms with Crippen LogP contribution in [0.3, 0.4) is 0 Å². The van der Waals surface area contributed by atoms with E-state index in [9.17, 15) is 0 Å². The highest BCUT2D eigenvalue weighted by molar-refractivity contribution is 9.10. The van der Waals surface area contributed by atoms with Gasteiger partial charge in [-0.2, -0.15) is 5.10 Å². The molecule has 0 amide bonds. The lowest BCUT2D eigenvalue weighted by atomic mass is 9.96. The van der Waals surface area contributed by atoms with Crippen molar-refractivity contribution in [2.45, 2.75) is 25.3 Å². The van der Waals surface area contributed by atoms with Crippen molar-refractivity contribution in [1.29, 1.82) is 0 Å². The monoisotopic (exact) mass is 544 g/mol. The number of hydrogen-bond acceptors (Lipinski definition) is 4. The maximum atomic E-state index is 6.50. The fourth-order valence-corrected chi connectivity index (χ4v) is 5.07. The summed E-state index contributed by atoms with van der Waals surface area (Å²) in [6.45, 7) is 0.533. The van der Waals surface area contributed by atoms with Crippen LogP contribution in [0.5, 0.6) is 11.5 Å². The molecule has 0 unspecified atom stereocenters. The van der Waals surface area contributed by atoms with Crippen LogP contribution in [-0.2, 0) is 6.61 Å². The molecular weight excluding hydrogens is 524 g/mol. The lowest BCUT2D eigenvalue weighted by Crippen LogP contribution is -2.33. The first-order chi connectivity index (χ1) is 17.1. The zero-order valence-electron chi connectivity index (χ0n) is 18.8. The van der Waals surface area contributed by atoms with E-state index in [1.165, 1.54) is 0 Å². The minimum absolute atomic E-state index is 0.0842. The number of hydrazone groups is 1. The topological polar surface area (TPSA) is 34.1 Å². The third-order valence-corrected chi connectivity index (χ3v) is 7.09. The van der Waals surface area contributed by atoms with E-state index in [0.29, 0.717) is 6.61 Å². The third kappa shape index (κ3) is 4.54. The Morgan fingerprint density at radius 2 is 1.71 bits per heavy atom. The van der Waals surface area contributed by atoms with Crippen LogP contribution < -0.4 is 9.47 Å². The first-order valence-electron chi connectivity index (χ1n) is 11.5. The number of benzene rings is 4. The SMILES string of the molecule is Clc1ccc(C2=NN3[C@H](C2)c2cc(Br)ccc2O[C@H]3c2ccc(OCc3ccccc3)cc2)cc1. The summed E-state index contributed by atoms with van der Waals surface area (Å²) in [5, 5.41) is 7.83. The van der Waals surface area contributed by atoms with E-state index in [2.05, 4.69) is 51.3 Å². The molecule has 0 saturated carbocycles. The van der Waals surface area contributed by atoms with Crippen LogP contribution in [0.1, 0.15) is 40.9 Å². The summed E-state index contributed by atoms with van der Waals surface area (Å²) in [6, 6.07) is 32.4. The molecule has 2 heterocycles. The zero-order valence-corrected chi connectivity index (χ0v) is 21.1. The van der Waals surface area contributed by atoms with E-state index < -0.39 is 0 Å². The summed E-state index contributed by atoms with van der Waals surface area (Å²) < 4.78 is 13.5. The molecule has 0 fully saturated rings. The van der Waals surface area contributed by atoms with Gasteiger partial charge < -0.3 is 9.47 Å². The van der Waals surface area contributed by atoms with Crippen LogP contribution in [0.2, 0.25) is 5.02 Å². The van der Waals surface area contributed by atoms with Gasteiger partial charge in [-0.15, -0.1) is 0 Å². The van der Waals surface area contributed by atoms with Gasteiger partial charge in [0.1, 0.15) is 18.1 Å². The van der Waals surface area contributed by atoms with Crippen molar-refractivity contribution in [2.75, 3.05) is 0 Å². The standard InChI is InChI=1S/C29H22BrClN2O2/c30-22-10-15-28-25(16-22)27-17-26(20-6-11-23(31)12-7-20)32-33(27)29(35-28)21-8-13-24(14-9-21)34-18-19-4-2-1-3-5-19/h1-16,27,29H,17-18H2/t27-,29+/m1/s1. The Balaban J connectivity index is 1.29. The highest BCUT2D eigenvalue weighted by Gasteiger charge is 2.41. The fraction of sp³-hybridized carbons (Fsp3) is 0.138. The lowest BCUT2D eigenvalue weighted by molar-refractivity contribution is -0.0191. The molecule has 0 spiro atoms. The second kappa shape index (κ2) is 9.40. The molecule has 0 aliphatic carbocycles. The van der Waals surface area contributed by atoms with Crippen LogP contribution in [0.15, 0.2) is 107 Å². The van der Waals surface area contributed by atoms with Crippen LogP contribution >= 0.6 is 27.5 Å². The van der Waals surface area contributed by atoms with Gasteiger partial charge in [-0.05, 0) is 65.7 Å². The van der Waals surface area contributed by atoms with Gasteiger partial charge in [0, 0.05) is 27.0 Å². The Morgan fingerprint density at radius 3 is 2.49 bits per heavy atom. The minimum Gasteiger partial charge on any atom is -0.489 e. The Hall–Kier alpha value is -3.28. The quantitative estimate of drug-likeness (QED) is 0.255. The van der Waals surface area contributed by atoms with Gasteiger partial charge in [0.05, 0.1) is 11.8 Å². The molecule has 35 heavy (non-hydrogen) atoms. The first-order valence-corrected chi connectivity index (χ1v) is 12.7. The largest absolute Gasteiger partial charge is 0.489 e. The van der Waals surface area contributed by atoms with Crippen molar-refractivity contribution in [3.8, 4) is 11.5 Å². The molecule has 0 bridgehead atoms. The van der Waals surface area contributed by atoms with Gasteiger partial charge in [-0.1, -0.05) is 70.0 Å². The van der Waals surface area contributed by atoms with Crippen molar-refractivity contribution in [1.82, 2.24) is 5.01 Å². The molecule has 2 aliphatic rings. The molecule has 0 N–H and O–H groups in total. The molecule has 4 nitrogen and oxygen atoms in total. The molecule has 6 rings (SSSR count). The van der Waals surface area contributed by atoms with E-state index in [1.54, 1.807) is 0 Å². The van der Waals surface area contributed by atoms with Crippen molar-refractivity contribution in [3.63, 3.8) is 0 Å². The van der Waals surface area contributed by atoms with Crippen molar-refractivity contribution >= 4 is 33.2 Å². The van der Waals surface area contributed by atoms with E-state index >= 15 is 0 Å². The van der Waals surface area contributed by atoms with E-state index in [4.69, 9.17) is 26.2 Å². The Morgan fingerprint density at radius 1 is 0.943 bits per heavy atom. The van der Waals surface area contributed by atoms with Gasteiger partial charge in [0.25, 0.3) is 0 Å². The smallest absolute Gasteiger partial charge is 0.213 e. The Labute approximate surface area is 217 Å². The molecule has 0 radical (unpaired) electrons. The average molecular weight is 546 g/mol. The fourth-order valence-electron chi connectivity index (χ4n) is 4.56. The summed E-state index contributed by atoms with van der Waals surface area (Å²) in [4.78, 5) is 0. The second-order valence-electron chi connectivity index (χ2n) is 8.65. The maximum Gasteiger partial charge on any atom is 0.213 e. The van der Waals surface area contributed by atoms with Crippen LogP contribution in [0.4, 0.5) is 0 Å². The van der Waals surface area contributed by atoms with Gasteiger partial charge in [0.15, 0.2) is 0 Å². The summed E-state index contributed by atoms with van der Waals surface area (Å²) in [7, 11) is 0. The summed E-state index contributed by atoms with van der Waals surface area (Å²) in [5.74, 6) is 1.71. The molecule has 4 aromatic carbocycles. The molecule has 2 aliphatic heterocycles. The number of halogens is 2. The number of hydrogen-bond donors (Lipinski definition) is 0. The molecular formula is C29H22BrClN2O2. The molecule has 174 valence electrons. The van der Waals surface area contributed by atoms with Crippen molar-refractivity contribution in [2.24, 2.45) is 5.10 Å². The van der Waals surface area contributed by atoms with E-state index in [-0.39, 0.29) is 12.3 Å². The van der Waals surface area contributed by atoms with E-state index in [0.717, 1.165) is 55.4 Å². The average Bonchev–Trinajstić information content (AvgIpc) is 3.34. The first kappa shape index (κ1) is 22.2. The minimum atomic E-state index is -0.332. The summed E-state index contributed by atoms with van der Waals surface area (Å²) >= 11 is 9.73. The molecule has 6 heteroatoms. The summed E-state index contributed by atoms with van der Waals surface area (Å²) in [6.07, 6.45) is 0.463. The molecule has 2 atom stereocenters. The van der Waals surface area contributed by atoms with Crippen LogP contribution in [0.25, 0.3) is 0 Å². The molecule has 4 aromatic rings. The van der Waals surface area contributed by atoms with Crippen molar-refractivity contribution in [3.05, 3.63) is 129 Å². The second-order valence-corrected chi connectivity index (χ2v) is 10.0. The van der Waals surface area contributed by atoms with Crippen LogP contribution in [0, 0.1) is 0 Å². The zero-order chi connectivity index (χ0) is 23.8. The Kier molecular flexibility index (Phi) is 5.96. The maximum absolute atomic E-state index is 6.50. The number of rotatable bonds is 5. The predicted octanol–water partition coefficient (Wildman–Crippen LogP) is 7.92. The highest BCUT2D eigenvalue weighted by atomic mass is 79.9. The predicted molar refractivity (Wildman–Crippen MR) is 142 cm³/mol. The van der Waals surface area contributed by atoms with Gasteiger partial charge >= 0.3 is 0 Å². The van der Waals surface area contributed by atoms with Crippen LogP contribution in [-0.4, -0.2) is 10.7 Å². The number of fused-ring (bicyclic) bond motifs is 3. The Bertz CT molecular complexity index is 1370. The normalized spacial score (nSPS) is 18.3. The summed E-state index contributed by atoms with van der Waals surface area (Å²) in [5.41, 5.74) is 5.39. The number of nitrogens with zero attached hydrogens (tertiary/aromatic N) is 2. The molecule has 0 aromatic heterocycles. The van der Waals surface area contributed by atoms with Gasteiger partial charge in [-0.25, -0.2) is 5.01 Å². The number of ether oxygens (including phenoxy) is 2. The van der Waals surface area contributed by atoms with Crippen molar-refractivity contribution < 1.29 is 9.47 Å². The third-order valence-electron chi connectivity index (χ3n) is 6.34. The molecule has 0 saturated heterocycles. The van der Waals surface area contributed by atoms with Gasteiger partial charge in [-0.3, -0.25) is 0 Å². The lowest BCUT2D eigenvalue weighted by Gasteiger charge is -2.38. The van der Waals surface area contributed by atoms with Gasteiger partial charge in [0.2, 0.25) is 6.23 Å². The highest BCUT2D eigenvalue weighted by Crippen LogP contribution is 2.48. The van der Waals surface area contributed by atoms with E-state index in [1.807, 2.05) is 66.7 Å².